The average molecular weight is 200 g/mol. The number of nitrogens with zero attached hydrogens (tertiary/aromatic N) is 4. The van der Waals surface area contributed by atoms with E-state index < -0.39 is 0 Å². The Morgan fingerprint density at radius 3 is 2.87 bits per heavy atom. The van der Waals surface area contributed by atoms with E-state index in [1.165, 1.54) is 0 Å². The third-order valence-electron chi connectivity index (χ3n) is 2.03. The summed E-state index contributed by atoms with van der Waals surface area (Å²) < 4.78 is 0. The molecule has 15 heavy (non-hydrogen) atoms. The molecule has 1 heterocycles. The van der Waals surface area contributed by atoms with E-state index in [4.69, 9.17) is 10.5 Å². The van der Waals surface area contributed by atoms with Gasteiger partial charge in [-0.1, -0.05) is 0 Å². The van der Waals surface area contributed by atoms with E-state index in [0.29, 0.717) is 12.1 Å². The van der Waals surface area contributed by atoms with Crippen LogP contribution in [0, 0.1) is 28.6 Å². The van der Waals surface area contributed by atoms with E-state index in [1.807, 2.05) is 18.9 Å². The molecule has 0 aliphatic rings. The summed E-state index contributed by atoms with van der Waals surface area (Å²) in [6.45, 7) is 2.46. The number of anilines is 1. The maximum Gasteiger partial charge on any atom is 0.129 e. The van der Waals surface area contributed by atoms with Crippen molar-refractivity contribution in [3.8, 4) is 12.1 Å². The van der Waals surface area contributed by atoms with Gasteiger partial charge >= 0.3 is 0 Å². The Hall–Kier alpha value is -2.07. The summed E-state index contributed by atoms with van der Waals surface area (Å²) in [5.41, 5.74) is 0.580. The second-order valence-corrected chi connectivity index (χ2v) is 3.43. The lowest BCUT2D eigenvalue weighted by atomic mass is 10.2. The highest BCUT2D eigenvalue weighted by atomic mass is 15.2. The molecule has 0 N–H and O–H groups in total. The number of rotatable bonds is 3. The maximum absolute atomic E-state index is 8.72. The zero-order valence-corrected chi connectivity index (χ0v) is 8.81. The van der Waals surface area contributed by atoms with Gasteiger partial charge in [0.25, 0.3) is 0 Å². The second-order valence-electron chi connectivity index (χ2n) is 3.43. The third kappa shape index (κ3) is 2.96. The van der Waals surface area contributed by atoms with Crippen molar-refractivity contribution in [2.24, 2.45) is 5.92 Å². The van der Waals surface area contributed by atoms with Crippen LogP contribution in [0.4, 0.5) is 5.82 Å². The van der Waals surface area contributed by atoms with Crippen LogP contribution in [0.25, 0.3) is 0 Å². The van der Waals surface area contributed by atoms with E-state index in [-0.39, 0.29) is 5.92 Å². The fraction of sp³-hybridized carbons (Fsp3) is 0.364. The standard InChI is InChI=1S/C11H12N4/c1-9(6-12)8-15(2)11-5-10(7-13)3-4-14-11/h3-5,9H,8H2,1-2H3. The molecule has 76 valence electrons. The molecular formula is C11H12N4. The maximum atomic E-state index is 8.72. The highest BCUT2D eigenvalue weighted by molar-refractivity contribution is 5.44. The van der Waals surface area contributed by atoms with Crippen molar-refractivity contribution in [1.29, 1.82) is 10.5 Å². The van der Waals surface area contributed by atoms with Gasteiger partial charge in [-0.05, 0) is 19.1 Å². The smallest absolute Gasteiger partial charge is 0.129 e. The largest absolute Gasteiger partial charge is 0.358 e. The molecule has 0 aliphatic carbocycles. The van der Waals surface area contributed by atoms with Crippen LogP contribution >= 0.6 is 0 Å². The number of aromatic nitrogens is 1. The third-order valence-corrected chi connectivity index (χ3v) is 2.03. The van der Waals surface area contributed by atoms with Gasteiger partial charge in [-0.3, -0.25) is 0 Å². The van der Waals surface area contributed by atoms with Crippen LogP contribution in [-0.4, -0.2) is 18.6 Å². The van der Waals surface area contributed by atoms with Gasteiger partial charge in [-0.15, -0.1) is 0 Å². The Kier molecular flexibility index (Phi) is 3.65. The molecule has 4 nitrogen and oxygen atoms in total. The first-order chi connectivity index (χ1) is 7.17. The first-order valence-electron chi connectivity index (χ1n) is 4.64. The predicted molar refractivity (Wildman–Crippen MR) is 57.0 cm³/mol. The number of nitriles is 2. The van der Waals surface area contributed by atoms with Crippen LogP contribution in [-0.2, 0) is 0 Å². The zero-order chi connectivity index (χ0) is 11.3. The van der Waals surface area contributed by atoms with Crippen LogP contribution in [0.5, 0.6) is 0 Å². The van der Waals surface area contributed by atoms with E-state index in [0.717, 1.165) is 5.82 Å². The minimum Gasteiger partial charge on any atom is -0.358 e. The Morgan fingerprint density at radius 2 is 2.27 bits per heavy atom. The van der Waals surface area contributed by atoms with Crippen LogP contribution in [0.15, 0.2) is 18.3 Å². The SMILES string of the molecule is CC(C#N)CN(C)c1cc(C#N)ccn1. The van der Waals surface area contributed by atoms with Gasteiger partial charge in [0.2, 0.25) is 0 Å². The second kappa shape index (κ2) is 4.97. The van der Waals surface area contributed by atoms with Crippen molar-refractivity contribution in [2.75, 3.05) is 18.5 Å². The van der Waals surface area contributed by atoms with Crippen LogP contribution in [0.1, 0.15) is 12.5 Å². The highest BCUT2D eigenvalue weighted by Gasteiger charge is 2.07. The Bertz CT molecular complexity index is 413. The fourth-order valence-electron chi connectivity index (χ4n) is 1.24. The molecule has 0 amide bonds. The Labute approximate surface area is 89.4 Å². The lowest BCUT2D eigenvalue weighted by Crippen LogP contribution is -2.24. The summed E-state index contributed by atoms with van der Waals surface area (Å²) in [5.74, 6) is 0.665. The van der Waals surface area contributed by atoms with Crippen molar-refractivity contribution in [3.05, 3.63) is 23.9 Å². The van der Waals surface area contributed by atoms with Gasteiger partial charge in [0.15, 0.2) is 0 Å². The molecule has 0 radical (unpaired) electrons. The van der Waals surface area contributed by atoms with E-state index >= 15 is 0 Å². The van der Waals surface area contributed by atoms with Crippen LogP contribution < -0.4 is 4.90 Å². The monoisotopic (exact) mass is 200 g/mol. The van der Waals surface area contributed by atoms with E-state index in [2.05, 4.69) is 17.1 Å². The molecule has 0 saturated heterocycles. The quantitative estimate of drug-likeness (QED) is 0.742. The zero-order valence-electron chi connectivity index (χ0n) is 8.81. The van der Waals surface area contributed by atoms with Gasteiger partial charge in [-0.2, -0.15) is 10.5 Å². The van der Waals surface area contributed by atoms with Crippen molar-refractivity contribution in [1.82, 2.24) is 4.98 Å². The predicted octanol–water partition coefficient (Wildman–Crippen LogP) is 1.55. The molecule has 0 spiro atoms. The molecule has 1 rings (SSSR count). The van der Waals surface area contributed by atoms with Gasteiger partial charge < -0.3 is 4.90 Å². The number of hydrogen-bond donors (Lipinski definition) is 0. The topological polar surface area (TPSA) is 63.7 Å². The Morgan fingerprint density at radius 1 is 1.53 bits per heavy atom. The van der Waals surface area contributed by atoms with Gasteiger partial charge in [0, 0.05) is 19.8 Å². The molecule has 1 aromatic heterocycles. The molecule has 0 aromatic carbocycles. The summed E-state index contributed by atoms with van der Waals surface area (Å²) in [5, 5.41) is 17.4. The number of pyridine rings is 1. The van der Waals surface area contributed by atoms with E-state index in [1.54, 1.807) is 18.3 Å². The lowest BCUT2D eigenvalue weighted by Gasteiger charge is -2.18. The van der Waals surface area contributed by atoms with Crippen molar-refractivity contribution < 1.29 is 0 Å². The molecule has 0 fully saturated rings. The number of hydrogen-bond acceptors (Lipinski definition) is 4. The molecule has 0 saturated carbocycles. The first-order valence-corrected chi connectivity index (χ1v) is 4.64. The summed E-state index contributed by atoms with van der Waals surface area (Å²) in [6.07, 6.45) is 1.60. The van der Waals surface area contributed by atoms with Crippen molar-refractivity contribution >= 4 is 5.82 Å². The normalized spacial score (nSPS) is 11.2. The molecule has 1 aromatic rings. The molecule has 0 aliphatic heterocycles. The molecule has 4 heteroatoms. The average Bonchev–Trinajstić information content (AvgIpc) is 2.28. The summed E-state index contributed by atoms with van der Waals surface area (Å²) in [6, 6.07) is 7.59. The van der Waals surface area contributed by atoms with Gasteiger partial charge in [-0.25, -0.2) is 4.98 Å². The molecule has 1 atom stereocenters. The highest BCUT2D eigenvalue weighted by Crippen LogP contribution is 2.11. The molecule has 1 unspecified atom stereocenters. The minimum atomic E-state index is -0.0532. The van der Waals surface area contributed by atoms with Crippen molar-refractivity contribution in [2.45, 2.75) is 6.92 Å². The van der Waals surface area contributed by atoms with Crippen LogP contribution in [0.3, 0.4) is 0 Å². The Balaban J connectivity index is 2.79. The fourth-order valence-corrected chi connectivity index (χ4v) is 1.24. The minimum absolute atomic E-state index is 0.0532. The lowest BCUT2D eigenvalue weighted by molar-refractivity contribution is 0.710. The van der Waals surface area contributed by atoms with Gasteiger partial charge in [0.1, 0.15) is 5.82 Å². The summed E-state index contributed by atoms with van der Waals surface area (Å²) >= 11 is 0. The first kappa shape index (κ1) is 11.0. The van der Waals surface area contributed by atoms with Crippen molar-refractivity contribution in [3.63, 3.8) is 0 Å². The molecule has 0 bridgehead atoms. The summed E-state index contributed by atoms with van der Waals surface area (Å²) in [7, 11) is 1.86. The molecular weight excluding hydrogens is 188 g/mol. The van der Waals surface area contributed by atoms with Crippen LogP contribution in [0.2, 0.25) is 0 Å². The van der Waals surface area contributed by atoms with Gasteiger partial charge in [0.05, 0.1) is 23.6 Å². The van der Waals surface area contributed by atoms with E-state index in [9.17, 15) is 0 Å². The summed E-state index contributed by atoms with van der Waals surface area (Å²) in [4.78, 5) is 6.01.